The van der Waals surface area contributed by atoms with Gasteiger partial charge in [-0.3, -0.25) is 0 Å². The third kappa shape index (κ3) is 4.00. The number of allylic oxidation sites excluding steroid dienone is 4. The zero-order chi connectivity index (χ0) is 8.69. The molecule has 0 N–H and O–H groups in total. The number of terminal acetylenes is 1. The Balaban J connectivity index is 4.17. The van der Waals surface area contributed by atoms with Crippen molar-refractivity contribution in [1.82, 2.24) is 0 Å². The Morgan fingerprint density at radius 2 is 2.27 bits per heavy atom. The molecule has 1 heteroatoms. The van der Waals surface area contributed by atoms with Gasteiger partial charge in [-0.15, -0.1) is 6.42 Å². The van der Waals surface area contributed by atoms with E-state index in [0.717, 1.165) is 0 Å². The molecule has 0 saturated heterocycles. The molecule has 0 spiro atoms. The van der Waals surface area contributed by atoms with Gasteiger partial charge in [0, 0.05) is 11.5 Å². The maximum atomic E-state index is 8.49. The maximum absolute atomic E-state index is 8.49. The Morgan fingerprint density at radius 1 is 1.64 bits per heavy atom. The first-order valence-corrected chi connectivity index (χ1v) is 3.45. The van der Waals surface area contributed by atoms with Crippen molar-refractivity contribution in [3.63, 3.8) is 0 Å². The van der Waals surface area contributed by atoms with Gasteiger partial charge in [0.15, 0.2) is 0 Å². The van der Waals surface area contributed by atoms with Gasteiger partial charge in [-0.2, -0.15) is 5.26 Å². The summed E-state index contributed by atoms with van der Waals surface area (Å²) < 4.78 is 0. The van der Waals surface area contributed by atoms with E-state index in [1.807, 2.05) is 26.0 Å². The molecule has 1 atom stereocenters. The van der Waals surface area contributed by atoms with Gasteiger partial charge >= 0.3 is 0 Å². The van der Waals surface area contributed by atoms with Crippen LogP contribution in [0.1, 0.15) is 13.8 Å². The van der Waals surface area contributed by atoms with Crippen LogP contribution in [-0.4, -0.2) is 0 Å². The second-order valence-corrected chi connectivity index (χ2v) is 2.17. The lowest BCUT2D eigenvalue weighted by molar-refractivity contribution is 0.981. The monoisotopic (exact) mass is 145 g/mol. The molecule has 0 fully saturated rings. The third-order valence-corrected chi connectivity index (χ3v) is 1.27. The summed E-state index contributed by atoms with van der Waals surface area (Å²) >= 11 is 0. The molecule has 56 valence electrons. The SMILES string of the molecule is C#CC(C)/C=C\C(C#N)=C/C. The molecule has 1 nitrogen and oxygen atoms in total. The van der Waals surface area contributed by atoms with Crippen molar-refractivity contribution in [2.75, 3.05) is 0 Å². The van der Waals surface area contributed by atoms with Crippen LogP contribution >= 0.6 is 0 Å². The largest absolute Gasteiger partial charge is 0.192 e. The summed E-state index contributed by atoms with van der Waals surface area (Å²) in [6.07, 6.45) is 10.5. The molecule has 0 amide bonds. The van der Waals surface area contributed by atoms with Crippen LogP contribution in [0.5, 0.6) is 0 Å². The molecule has 0 radical (unpaired) electrons. The van der Waals surface area contributed by atoms with Crippen LogP contribution < -0.4 is 0 Å². The van der Waals surface area contributed by atoms with Gasteiger partial charge in [0.25, 0.3) is 0 Å². The van der Waals surface area contributed by atoms with Crippen LogP contribution in [0.25, 0.3) is 0 Å². The molecule has 11 heavy (non-hydrogen) atoms. The van der Waals surface area contributed by atoms with Crippen molar-refractivity contribution in [3.05, 3.63) is 23.8 Å². The lowest BCUT2D eigenvalue weighted by atomic mass is 10.1. The quantitative estimate of drug-likeness (QED) is 0.332. The van der Waals surface area contributed by atoms with Gasteiger partial charge in [0.2, 0.25) is 0 Å². The number of rotatable bonds is 2. The average Bonchev–Trinajstić information content (AvgIpc) is 2.06. The van der Waals surface area contributed by atoms with Crippen molar-refractivity contribution >= 4 is 0 Å². The zero-order valence-corrected chi connectivity index (χ0v) is 6.83. The highest BCUT2D eigenvalue weighted by molar-refractivity contribution is 5.32. The van der Waals surface area contributed by atoms with Crippen molar-refractivity contribution in [2.24, 2.45) is 5.92 Å². The second-order valence-electron chi connectivity index (χ2n) is 2.17. The minimum Gasteiger partial charge on any atom is -0.192 e. The van der Waals surface area contributed by atoms with Crippen LogP contribution in [-0.2, 0) is 0 Å². The first-order chi connectivity index (χ1) is 5.24. The first-order valence-electron chi connectivity index (χ1n) is 3.45. The summed E-state index contributed by atoms with van der Waals surface area (Å²) in [5.41, 5.74) is 0.645. The van der Waals surface area contributed by atoms with E-state index in [2.05, 4.69) is 5.92 Å². The molecule has 0 aliphatic carbocycles. The van der Waals surface area contributed by atoms with E-state index < -0.39 is 0 Å². The first kappa shape index (κ1) is 9.53. The summed E-state index contributed by atoms with van der Waals surface area (Å²) in [5.74, 6) is 2.64. The Kier molecular flexibility index (Phi) is 4.61. The normalized spacial score (nSPS) is 14.0. The number of hydrogen-bond donors (Lipinski definition) is 0. The average molecular weight is 145 g/mol. The Bertz CT molecular complexity index is 245. The highest BCUT2D eigenvalue weighted by Gasteiger charge is 1.88. The molecule has 0 aromatic carbocycles. The molecule has 1 unspecified atom stereocenters. The van der Waals surface area contributed by atoms with E-state index in [1.165, 1.54) is 0 Å². The van der Waals surface area contributed by atoms with Crippen LogP contribution in [0.2, 0.25) is 0 Å². The molecule has 0 aromatic heterocycles. The van der Waals surface area contributed by atoms with Crippen molar-refractivity contribution in [1.29, 1.82) is 5.26 Å². The fourth-order valence-corrected chi connectivity index (χ4v) is 0.502. The highest BCUT2D eigenvalue weighted by atomic mass is 14.2. The summed E-state index contributed by atoms with van der Waals surface area (Å²) in [5, 5.41) is 8.49. The maximum Gasteiger partial charge on any atom is 0.0987 e. The Hall–Kier alpha value is -1.47. The van der Waals surface area contributed by atoms with Gasteiger partial charge in [-0.1, -0.05) is 18.1 Å². The van der Waals surface area contributed by atoms with Crippen molar-refractivity contribution in [3.8, 4) is 18.4 Å². The van der Waals surface area contributed by atoms with E-state index in [0.29, 0.717) is 5.57 Å². The molecule has 0 heterocycles. The number of nitrogens with zero attached hydrogens (tertiary/aromatic N) is 1. The predicted molar refractivity (Wildman–Crippen MR) is 46.5 cm³/mol. The van der Waals surface area contributed by atoms with Crippen LogP contribution in [0, 0.1) is 29.6 Å². The molecule has 0 rings (SSSR count). The third-order valence-electron chi connectivity index (χ3n) is 1.27. The summed E-state index contributed by atoms with van der Waals surface area (Å²) in [6.45, 7) is 3.73. The standard InChI is InChI=1S/C10H11N/c1-4-9(3)6-7-10(5-2)8-11/h1,5-7,9H,2-3H3/b7-6-,10-5+. The minimum atomic E-state index is 0.0956. The Morgan fingerprint density at radius 3 is 2.64 bits per heavy atom. The zero-order valence-electron chi connectivity index (χ0n) is 6.83. The van der Waals surface area contributed by atoms with Crippen LogP contribution in [0.15, 0.2) is 23.8 Å². The summed E-state index contributed by atoms with van der Waals surface area (Å²) in [4.78, 5) is 0. The van der Waals surface area contributed by atoms with Gasteiger partial charge in [-0.25, -0.2) is 0 Å². The van der Waals surface area contributed by atoms with Gasteiger partial charge in [0.1, 0.15) is 0 Å². The van der Waals surface area contributed by atoms with Crippen molar-refractivity contribution < 1.29 is 0 Å². The number of nitriles is 1. The summed E-state index contributed by atoms with van der Waals surface area (Å²) in [7, 11) is 0. The van der Waals surface area contributed by atoms with Crippen molar-refractivity contribution in [2.45, 2.75) is 13.8 Å². The van der Waals surface area contributed by atoms with Gasteiger partial charge < -0.3 is 0 Å². The molecule has 0 aliphatic rings. The van der Waals surface area contributed by atoms with E-state index >= 15 is 0 Å². The second kappa shape index (κ2) is 5.33. The molecule has 0 aromatic rings. The lowest BCUT2D eigenvalue weighted by Gasteiger charge is -1.91. The molecule has 0 aliphatic heterocycles. The lowest BCUT2D eigenvalue weighted by Crippen LogP contribution is -1.81. The smallest absolute Gasteiger partial charge is 0.0987 e. The van der Waals surface area contributed by atoms with E-state index in [4.69, 9.17) is 11.7 Å². The van der Waals surface area contributed by atoms with E-state index in [-0.39, 0.29) is 5.92 Å². The van der Waals surface area contributed by atoms with Crippen LogP contribution in [0.3, 0.4) is 0 Å². The Labute approximate surface area is 68.0 Å². The van der Waals surface area contributed by atoms with E-state index in [9.17, 15) is 0 Å². The van der Waals surface area contributed by atoms with Gasteiger partial charge in [0.05, 0.1) is 6.07 Å². The number of hydrogen-bond acceptors (Lipinski definition) is 1. The predicted octanol–water partition coefficient (Wildman–Crippen LogP) is 2.28. The fraction of sp³-hybridized carbons (Fsp3) is 0.300. The van der Waals surface area contributed by atoms with E-state index in [1.54, 1.807) is 12.2 Å². The molecular weight excluding hydrogens is 134 g/mol. The minimum absolute atomic E-state index is 0.0956. The summed E-state index contributed by atoms with van der Waals surface area (Å²) in [6, 6.07) is 2.04. The molecule has 0 bridgehead atoms. The molecule has 0 saturated carbocycles. The van der Waals surface area contributed by atoms with Gasteiger partial charge in [-0.05, 0) is 19.9 Å². The highest BCUT2D eigenvalue weighted by Crippen LogP contribution is 1.99. The fourth-order valence-electron chi connectivity index (χ4n) is 0.502. The van der Waals surface area contributed by atoms with Crippen LogP contribution in [0.4, 0.5) is 0 Å². The molecular formula is C10H11N. The topological polar surface area (TPSA) is 23.8 Å².